The lowest BCUT2D eigenvalue weighted by Crippen LogP contribution is -2.31. The first-order valence-electron chi connectivity index (χ1n) is 5.68. The number of aryl methyl sites for hydroxylation is 1. The number of H-pyrrole nitrogens is 1. The predicted molar refractivity (Wildman–Crippen MR) is 72.9 cm³/mol. The number of aromatic carboxylic acids is 1. The van der Waals surface area contributed by atoms with Gasteiger partial charge in [-0.3, -0.25) is 10.4 Å². The Kier molecular flexibility index (Phi) is 3.99. The number of carbonyl (C=O) groups excluding carboxylic acids is 1. The molecule has 2 aromatic heterocycles. The van der Waals surface area contributed by atoms with Gasteiger partial charge in [-0.05, 0) is 18.4 Å². The summed E-state index contributed by atoms with van der Waals surface area (Å²) in [6.07, 6.45) is 0. The maximum absolute atomic E-state index is 12.0. The standard InChI is InChI=1S/C11H13N5O3S/c1-6-12-8(15-14-6)5-16(2)11(19)13-9-7(10(17)18)3-4-20-9/h3-4H,5H2,1-2H3,(H,13,19)(H,17,18)(H,12,14,15). The Morgan fingerprint density at radius 1 is 1.55 bits per heavy atom. The van der Waals surface area contributed by atoms with Crippen LogP contribution in [0.15, 0.2) is 11.4 Å². The van der Waals surface area contributed by atoms with Gasteiger partial charge >= 0.3 is 12.0 Å². The summed E-state index contributed by atoms with van der Waals surface area (Å²) in [6, 6.07) is 1.03. The van der Waals surface area contributed by atoms with E-state index in [1.165, 1.54) is 11.0 Å². The fraction of sp³-hybridized carbons (Fsp3) is 0.273. The zero-order valence-corrected chi connectivity index (χ0v) is 11.7. The minimum atomic E-state index is -1.08. The molecule has 106 valence electrons. The van der Waals surface area contributed by atoms with Crippen LogP contribution in [0.4, 0.5) is 9.80 Å². The van der Waals surface area contributed by atoms with E-state index in [0.717, 1.165) is 11.3 Å². The van der Waals surface area contributed by atoms with Gasteiger partial charge in [0.15, 0.2) is 5.82 Å². The third-order valence-electron chi connectivity index (χ3n) is 2.48. The van der Waals surface area contributed by atoms with Crippen molar-refractivity contribution in [2.24, 2.45) is 0 Å². The molecular weight excluding hydrogens is 282 g/mol. The number of nitrogens with one attached hydrogen (secondary N) is 2. The van der Waals surface area contributed by atoms with E-state index in [1.807, 2.05) is 0 Å². The number of hydrogen-bond donors (Lipinski definition) is 3. The summed E-state index contributed by atoms with van der Waals surface area (Å²) < 4.78 is 0. The number of thiophene rings is 1. The monoisotopic (exact) mass is 295 g/mol. The Bertz CT molecular complexity index is 636. The molecule has 2 amide bonds. The second kappa shape index (κ2) is 5.70. The second-order valence-electron chi connectivity index (χ2n) is 4.09. The summed E-state index contributed by atoms with van der Waals surface area (Å²) in [5.74, 6) is 0.0822. The van der Waals surface area contributed by atoms with Crippen molar-refractivity contribution in [3.05, 3.63) is 28.7 Å². The van der Waals surface area contributed by atoms with Crippen LogP contribution >= 0.6 is 11.3 Å². The number of urea groups is 1. The molecule has 2 aromatic rings. The van der Waals surface area contributed by atoms with E-state index < -0.39 is 12.0 Å². The molecule has 3 N–H and O–H groups in total. The van der Waals surface area contributed by atoms with Gasteiger partial charge in [0.05, 0.1) is 12.1 Å². The van der Waals surface area contributed by atoms with E-state index in [9.17, 15) is 9.59 Å². The van der Waals surface area contributed by atoms with Crippen molar-refractivity contribution in [1.29, 1.82) is 0 Å². The van der Waals surface area contributed by atoms with Crippen LogP contribution in [0, 0.1) is 6.92 Å². The molecule has 0 saturated heterocycles. The summed E-state index contributed by atoms with van der Waals surface area (Å²) in [7, 11) is 1.58. The van der Waals surface area contributed by atoms with E-state index in [4.69, 9.17) is 5.11 Å². The van der Waals surface area contributed by atoms with Gasteiger partial charge in [-0.25, -0.2) is 14.6 Å². The van der Waals surface area contributed by atoms with Gasteiger partial charge in [-0.1, -0.05) is 0 Å². The molecule has 0 aromatic carbocycles. The van der Waals surface area contributed by atoms with Crippen LogP contribution in [0.25, 0.3) is 0 Å². The molecule has 0 radical (unpaired) electrons. The molecule has 0 bridgehead atoms. The van der Waals surface area contributed by atoms with Gasteiger partial charge in [0.2, 0.25) is 0 Å². The van der Waals surface area contributed by atoms with Crippen molar-refractivity contribution in [3.63, 3.8) is 0 Å². The fourth-order valence-electron chi connectivity index (χ4n) is 1.51. The molecule has 0 fully saturated rings. The number of aromatic nitrogens is 3. The highest BCUT2D eigenvalue weighted by Gasteiger charge is 2.17. The van der Waals surface area contributed by atoms with E-state index >= 15 is 0 Å². The number of carbonyl (C=O) groups is 2. The maximum atomic E-state index is 12.0. The first-order chi connectivity index (χ1) is 9.47. The molecule has 0 aliphatic carbocycles. The number of aromatic amines is 1. The molecule has 20 heavy (non-hydrogen) atoms. The molecule has 2 heterocycles. The van der Waals surface area contributed by atoms with E-state index in [0.29, 0.717) is 16.6 Å². The first-order valence-corrected chi connectivity index (χ1v) is 6.56. The number of rotatable bonds is 4. The number of hydrogen-bond acceptors (Lipinski definition) is 5. The van der Waals surface area contributed by atoms with Gasteiger partial charge in [0.25, 0.3) is 0 Å². The summed E-state index contributed by atoms with van der Waals surface area (Å²) >= 11 is 1.16. The van der Waals surface area contributed by atoms with Gasteiger partial charge in [0, 0.05) is 7.05 Å². The van der Waals surface area contributed by atoms with Crippen LogP contribution in [0.1, 0.15) is 22.0 Å². The number of anilines is 1. The van der Waals surface area contributed by atoms with Gasteiger partial charge < -0.3 is 10.0 Å². The maximum Gasteiger partial charge on any atom is 0.338 e. The topological polar surface area (TPSA) is 111 Å². The Hall–Kier alpha value is -2.42. The molecule has 0 unspecified atom stereocenters. The van der Waals surface area contributed by atoms with Gasteiger partial charge in [-0.2, -0.15) is 5.10 Å². The third kappa shape index (κ3) is 3.12. The van der Waals surface area contributed by atoms with Gasteiger partial charge in [-0.15, -0.1) is 11.3 Å². The van der Waals surface area contributed by atoms with Crippen LogP contribution in [0.3, 0.4) is 0 Å². The highest BCUT2D eigenvalue weighted by atomic mass is 32.1. The Morgan fingerprint density at radius 3 is 2.90 bits per heavy atom. The Morgan fingerprint density at radius 2 is 2.30 bits per heavy atom. The zero-order chi connectivity index (χ0) is 14.7. The third-order valence-corrected chi connectivity index (χ3v) is 3.31. The molecular formula is C11H13N5O3S. The van der Waals surface area contributed by atoms with Crippen LogP contribution in [-0.4, -0.2) is 44.2 Å². The first kappa shape index (κ1) is 14.0. The largest absolute Gasteiger partial charge is 0.478 e. The average Bonchev–Trinajstić information content (AvgIpc) is 2.98. The lowest BCUT2D eigenvalue weighted by atomic mass is 10.3. The molecule has 9 heteroatoms. The number of amides is 2. The summed E-state index contributed by atoms with van der Waals surface area (Å²) in [4.78, 5) is 28.4. The highest BCUT2D eigenvalue weighted by Crippen LogP contribution is 2.23. The van der Waals surface area contributed by atoms with E-state index in [-0.39, 0.29) is 12.1 Å². The van der Waals surface area contributed by atoms with E-state index in [2.05, 4.69) is 20.5 Å². The summed E-state index contributed by atoms with van der Waals surface area (Å²) in [5, 5.41) is 20.1. The van der Waals surface area contributed by atoms with Crippen molar-refractivity contribution >= 4 is 28.3 Å². The number of carboxylic acid groups (broad SMARTS) is 1. The normalized spacial score (nSPS) is 10.3. The van der Waals surface area contributed by atoms with Crippen molar-refractivity contribution in [2.75, 3.05) is 12.4 Å². The molecule has 0 aliphatic rings. The Balaban J connectivity index is 2.00. The van der Waals surface area contributed by atoms with Crippen LogP contribution in [0.2, 0.25) is 0 Å². The van der Waals surface area contributed by atoms with Crippen molar-refractivity contribution < 1.29 is 14.7 Å². The zero-order valence-electron chi connectivity index (χ0n) is 10.9. The van der Waals surface area contributed by atoms with Crippen molar-refractivity contribution in [3.8, 4) is 0 Å². The smallest absolute Gasteiger partial charge is 0.338 e. The molecule has 0 saturated carbocycles. The number of carboxylic acids is 1. The Labute approximate surface area is 118 Å². The molecule has 2 rings (SSSR count). The summed E-state index contributed by atoms with van der Waals surface area (Å²) in [5.41, 5.74) is 0.0745. The highest BCUT2D eigenvalue weighted by molar-refractivity contribution is 7.14. The van der Waals surface area contributed by atoms with Crippen LogP contribution < -0.4 is 5.32 Å². The average molecular weight is 295 g/mol. The fourth-order valence-corrected chi connectivity index (χ4v) is 2.28. The van der Waals surface area contributed by atoms with Crippen LogP contribution in [0.5, 0.6) is 0 Å². The lowest BCUT2D eigenvalue weighted by molar-refractivity contribution is 0.0698. The second-order valence-corrected chi connectivity index (χ2v) is 5.01. The molecule has 0 aliphatic heterocycles. The molecule has 0 spiro atoms. The minimum Gasteiger partial charge on any atom is -0.478 e. The molecule has 0 atom stereocenters. The quantitative estimate of drug-likeness (QED) is 0.792. The summed E-state index contributed by atoms with van der Waals surface area (Å²) in [6.45, 7) is 1.99. The van der Waals surface area contributed by atoms with Crippen molar-refractivity contribution in [2.45, 2.75) is 13.5 Å². The SMILES string of the molecule is Cc1nc(CN(C)C(=O)Nc2sccc2C(=O)O)n[nH]1. The predicted octanol–water partition coefficient (Wildman–Crippen LogP) is 1.54. The minimum absolute atomic E-state index is 0.0745. The van der Waals surface area contributed by atoms with Crippen LogP contribution in [-0.2, 0) is 6.54 Å². The number of nitrogens with zero attached hydrogens (tertiary/aromatic N) is 3. The van der Waals surface area contributed by atoms with Gasteiger partial charge in [0.1, 0.15) is 10.8 Å². The van der Waals surface area contributed by atoms with Crippen molar-refractivity contribution in [1.82, 2.24) is 20.1 Å². The molecule has 8 nitrogen and oxygen atoms in total. The van der Waals surface area contributed by atoms with E-state index in [1.54, 1.807) is 19.4 Å². The lowest BCUT2D eigenvalue weighted by Gasteiger charge is -2.15.